The van der Waals surface area contributed by atoms with E-state index in [9.17, 15) is 4.79 Å². The van der Waals surface area contributed by atoms with Crippen LogP contribution < -0.4 is 0 Å². The number of benzene rings is 2. The monoisotopic (exact) mass is 252 g/mol. The third-order valence-corrected chi connectivity index (χ3v) is 3.50. The first-order valence-electron chi connectivity index (χ1n) is 6.71. The lowest BCUT2D eigenvalue weighted by Gasteiger charge is -2.14. The lowest BCUT2D eigenvalue weighted by Crippen LogP contribution is -1.97. The van der Waals surface area contributed by atoms with Crippen LogP contribution in [0.1, 0.15) is 48.2 Å². The molecular weight excluding hydrogens is 232 g/mol. The first-order valence-corrected chi connectivity index (χ1v) is 6.71. The standard InChI is InChI=1S/C18H20O/c1-12(2)16-7-5-6-8-18(16)15-9-10-17(14(4)19)13(3)11-15/h5-12H,1-4H3. The van der Waals surface area contributed by atoms with E-state index in [1.165, 1.54) is 16.7 Å². The quantitative estimate of drug-likeness (QED) is 0.703. The van der Waals surface area contributed by atoms with Crippen molar-refractivity contribution >= 4 is 5.78 Å². The molecule has 0 aliphatic rings. The van der Waals surface area contributed by atoms with Crippen molar-refractivity contribution in [2.24, 2.45) is 0 Å². The van der Waals surface area contributed by atoms with Crippen molar-refractivity contribution in [3.63, 3.8) is 0 Å². The Kier molecular flexibility index (Phi) is 3.84. The van der Waals surface area contributed by atoms with Crippen molar-refractivity contribution < 1.29 is 4.79 Å². The van der Waals surface area contributed by atoms with Gasteiger partial charge in [0.15, 0.2) is 5.78 Å². The normalized spacial score (nSPS) is 10.8. The second-order valence-electron chi connectivity index (χ2n) is 5.33. The molecule has 0 unspecified atom stereocenters. The number of carbonyl (C=O) groups excluding carboxylic acids is 1. The lowest BCUT2D eigenvalue weighted by molar-refractivity contribution is 0.101. The highest BCUT2D eigenvalue weighted by Gasteiger charge is 2.10. The largest absolute Gasteiger partial charge is 0.295 e. The zero-order valence-electron chi connectivity index (χ0n) is 12.0. The average Bonchev–Trinajstić information content (AvgIpc) is 2.38. The number of ketones is 1. The van der Waals surface area contributed by atoms with Gasteiger partial charge >= 0.3 is 0 Å². The Hall–Kier alpha value is -1.89. The van der Waals surface area contributed by atoms with Crippen LogP contribution >= 0.6 is 0 Å². The van der Waals surface area contributed by atoms with Gasteiger partial charge in [-0.05, 0) is 42.0 Å². The summed E-state index contributed by atoms with van der Waals surface area (Å²) in [5.74, 6) is 0.616. The maximum atomic E-state index is 11.5. The molecule has 0 aliphatic heterocycles. The van der Waals surface area contributed by atoms with E-state index < -0.39 is 0 Å². The van der Waals surface area contributed by atoms with E-state index in [1.54, 1.807) is 6.92 Å². The highest BCUT2D eigenvalue weighted by atomic mass is 16.1. The van der Waals surface area contributed by atoms with Crippen molar-refractivity contribution in [1.29, 1.82) is 0 Å². The minimum Gasteiger partial charge on any atom is -0.295 e. The summed E-state index contributed by atoms with van der Waals surface area (Å²) in [6, 6.07) is 14.6. The van der Waals surface area contributed by atoms with Gasteiger partial charge in [0.2, 0.25) is 0 Å². The summed E-state index contributed by atoms with van der Waals surface area (Å²) >= 11 is 0. The van der Waals surface area contributed by atoms with E-state index in [0.29, 0.717) is 5.92 Å². The van der Waals surface area contributed by atoms with Crippen molar-refractivity contribution in [1.82, 2.24) is 0 Å². The molecule has 0 aliphatic carbocycles. The molecule has 0 aromatic heterocycles. The van der Waals surface area contributed by atoms with E-state index in [0.717, 1.165) is 11.1 Å². The summed E-state index contributed by atoms with van der Waals surface area (Å²) in [4.78, 5) is 11.5. The van der Waals surface area contributed by atoms with Crippen molar-refractivity contribution in [2.45, 2.75) is 33.6 Å². The molecule has 0 saturated carbocycles. The molecule has 2 aromatic rings. The smallest absolute Gasteiger partial charge is 0.160 e. The van der Waals surface area contributed by atoms with Crippen LogP contribution in [0, 0.1) is 6.92 Å². The van der Waals surface area contributed by atoms with Crippen LogP contribution in [-0.4, -0.2) is 5.78 Å². The van der Waals surface area contributed by atoms with Gasteiger partial charge in [-0.1, -0.05) is 56.3 Å². The maximum Gasteiger partial charge on any atom is 0.160 e. The zero-order valence-corrected chi connectivity index (χ0v) is 12.0. The van der Waals surface area contributed by atoms with Crippen molar-refractivity contribution in [3.8, 4) is 11.1 Å². The fourth-order valence-electron chi connectivity index (χ4n) is 2.49. The molecule has 0 atom stereocenters. The second kappa shape index (κ2) is 5.40. The van der Waals surface area contributed by atoms with Crippen LogP contribution in [0.5, 0.6) is 0 Å². The van der Waals surface area contributed by atoms with E-state index >= 15 is 0 Å². The Morgan fingerprint density at radius 1 is 1.05 bits per heavy atom. The third kappa shape index (κ3) is 2.76. The Morgan fingerprint density at radius 3 is 2.32 bits per heavy atom. The minimum absolute atomic E-state index is 0.126. The van der Waals surface area contributed by atoms with Gasteiger partial charge < -0.3 is 0 Å². The molecule has 1 nitrogen and oxygen atoms in total. The van der Waals surface area contributed by atoms with E-state index in [1.807, 2.05) is 19.1 Å². The van der Waals surface area contributed by atoms with Crippen LogP contribution in [0.3, 0.4) is 0 Å². The van der Waals surface area contributed by atoms with Crippen molar-refractivity contribution in [3.05, 3.63) is 59.2 Å². The molecule has 98 valence electrons. The summed E-state index contributed by atoms with van der Waals surface area (Å²) in [7, 11) is 0. The molecule has 0 spiro atoms. The second-order valence-corrected chi connectivity index (χ2v) is 5.33. The first kappa shape index (κ1) is 13.5. The molecule has 19 heavy (non-hydrogen) atoms. The average molecular weight is 252 g/mol. The maximum absolute atomic E-state index is 11.5. The van der Waals surface area contributed by atoms with E-state index in [2.05, 4.69) is 44.2 Å². The van der Waals surface area contributed by atoms with Gasteiger partial charge in [-0.2, -0.15) is 0 Å². The Labute approximate surface area is 115 Å². The summed E-state index contributed by atoms with van der Waals surface area (Å²) in [5.41, 5.74) is 5.65. The van der Waals surface area contributed by atoms with Gasteiger partial charge in [-0.3, -0.25) is 4.79 Å². The number of hydrogen-bond acceptors (Lipinski definition) is 1. The number of Topliss-reactive ketones (excluding diaryl/α,β-unsaturated/α-hetero) is 1. The summed E-state index contributed by atoms with van der Waals surface area (Å²) < 4.78 is 0. The third-order valence-electron chi connectivity index (χ3n) is 3.50. The number of hydrogen-bond donors (Lipinski definition) is 0. The van der Waals surface area contributed by atoms with Gasteiger partial charge in [0.1, 0.15) is 0 Å². The summed E-state index contributed by atoms with van der Waals surface area (Å²) in [5, 5.41) is 0. The topological polar surface area (TPSA) is 17.1 Å². The molecule has 0 amide bonds. The van der Waals surface area contributed by atoms with Gasteiger partial charge in [0.05, 0.1) is 0 Å². The predicted octanol–water partition coefficient (Wildman–Crippen LogP) is 4.99. The zero-order chi connectivity index (χ0) is 14.0. The molecular formula is C18H20O. The molecule has 0 radical (unpaired) electrons. The predicted molar refractivity (Wildman–Crippen MR) is 80.7 cm³/mol. The van der Waals surface area contributed by atoms with Crippen LogP contribution in [0.25, 0.3) is 11.1 Å². The molecule has 0 N–H and O–H groups in total. The van der Waals surface area contributed by atoms with E-state index in [4.69, 9.17) is 0 Å². The molecule has 2 rings (SSSR count). The van der Waals surface area contributed by atoms with E-state index in [-0.39, 0.29) is 5.78 Å². The molecule has 0 fully saturated rings. The van der Waals surface area contributed by atoms with Crippen molar-refractivity contribution in [2.75, 3.05) is 0 Å². The van der Waals surface area contributed by atoms with Crippen LogP contribution in [0.2, 0.25) is 0 Å². The minimum atomic E-state index is 0.126. The Bertz CT molecular complexity index is 609. The fraction of sp³-hybridized carbons (Fsp3) is 0.278. The van der Waals surface area contributed by atoms with Gasteiger partial charge in [-0.25, -0.2) is 0 Å². The van der Waals surface area contributed by atoms with Gasteiger partial charge in [0, 0.05) is 5.56 Å². The molecule has 1 heteroatoms. The van der Waals surface area contributed by atoms with Crippen LogP contribution in [0.15, 0.2) is 42.5 Å². The first-order chi connectivity index (χ1) is 9.00. The molecule has 0 heterocycles. The number of aryl methyl sites for hydroxylation is 1. The van der Waals surface area contributed by atoms with Crippen LogP contribution in [-0.2, 0) is 0 Å². The highest BCUT2D eigenvalue weighted by molar-refractivity contribution is 5.96. The summed E-state index contributed by atoms with van der Waals surface area (Å²) in [6.07, 6.45) is 0. The van der Waals surface area contributed by atoms with Crippen LogP contribution in [0.4, 0.5) is 0 Å². The molecule has 0 saturated heterocycles. The molecule has 2 aromatic carbocycles. The lowest BCUT2D eigenvalue weighted by atomic mass is 9.91. The number of carbonyl (C=O) groups is 1. The Morgan fingerprint density at radius 2 is 1.74 bits per heavy atom. The van der Waals surface area contributed by atoms with Gasteiger partial charge in [0.25, 0.3) is 0 Å². The summed E-state index contributed by atoms with van der Waals surface area (Å²) in [6.45, 7) is 8.02. The highest BCUT2D eigenvalue weighted by Crippen LogP contribution is 2.30. The SMILES string of the molecule is CC(=O)c1ccc(-c2ccccc2C(C)C)cc1C. The van der Waals surface area contributed by atoms with Gasteiger partial charge in [-0.15, -0.1) is 0 Å². The number of rotatable bonds is 3. The molecule has 0 bridgehead atoms. The Balaban J connectivity index is 2.54. The fourth-order valence-corrected chi connectivity index (χ4v) is 2.49.